The number of aromatic nitrogens is 4. The van der Waals surface area contributed by atoms with Crippen LogP contribution in [0, 0.1) is 22.7 Å². The molecule has 1 spiro atoms. The molecule has 1 saturated carbocycles. The van der Waals surface area contributed by atoms with Gasteiger partial charge >= 0.3 is 0 Å². The van der Waals surface area contributed by atoms with Gasteiger partial charge in [-0.05, 0) is 107 Å². The van der Waals surface area contributed by atoms with Crippen LogP contribution in [0.4, 0.5) is 20.3 Å². The molecule has 4 aromatic rings. The molecule has 5 fully saturated rings. The zero-order valence-corrected chi connectivity index (χ0v) is 31.3. The van der Waals surface area contributed by atoms with Crippen LogP contribution in [0.25, 0.3) is 22.3 Å². The predicted octanol–water partition coefficient (Wildman–Crippen LogP) is 5.97. The molecule has 3 N–H and O–H groups in total. The Kier molecular flexibility index (Phi) is 8.03. The van der Waals surface area contributed by atoms with Crippen molar-refractivity contribution >= 4 is 40.1 Å². The van der Waals surface area contributed by atoms with Crippen LogP contribution in [0.5, 0.6) is 0 Å². The molecular formula is C42H48F2N8O3. The van der Waals surface area contributed by atoms with Crippen LogP contribution in [0.1, 0.15) is 81.0 Å². The molecule has 0 bridgehead atoms. The Bertz CT molecular complexity index is 2180. The standard InChI is InChI=1S/C42H48F2N8O3/c1-40-23-33-30(22-34(40)42(40,43)44)37(49-48-33)32-20-26-2-4-28(21-31(26)46-32)52-19-13-41(39(52)55)11-17-50(18-12-41)14-8-25-9-15-51(16-10-25)35-6-3-27(24-45-35)29-5-7-36(53)47-38(29)54/h2-4,6,20-21,24-25,29,34,46H,5,7-19,22-23H2,1H3,(H,48,49)(H,47,53,54)/t29?,34-,40?/m0/s1. The number of imide groups is 1. The van der Waals surface area contributed by atoms with Gasteiger partial charge in [-0.1, -0.05) is 19.1 Å². The second kappa shape index (κ2) is 12.7. The molecule has 7 heterocycles. The Balaban J connectivity index is 0.711. The third-order valence-electron chi connectivity index (χ3n) is 14.5. The Labute approximate surface area is 318 Å². The number of piperidine rings is 3. The highest BCUT2D eigenvalue weighted by Crippen LogP contribution is 2.70. The summed E-state index contributed by atoms with van der Waals surface area (Å²) in [5.74, 6) is -2.16. The number of halogens is 2. The first-order valence-corrected chi connectivity index (χ1v) is 20.2. The normalized spacial score (nSPS) is 27.8. The lowest BCUT2D eigenvalue weighted by Gasteiger charge is -2.39. The molecule has 3 atom stereocenters. The number of carbonyl (C=O) groups excluding carboxylic acids is 3. The number of hydrogen-bond donors (Lipinski definition) is 3. The van der Waals surface area contributed by atoms with Gasteiger partial charge in [-0.25, -0.2) is 13.8 Å². The number of pyridine rings is 1. The predicted molar refractivity (Wildman–Crippen MR) is 204 cm³/mol. The van der Waals surface area contributed by atoms with Gasteiger partial charge < -0.3 is 19.7 Å². The van der Waals surface area contributed by atoms with Crippen LogP contribution >= 0.6 is 0 Å². The average Bonchev–Trinajstić information content (AvgIpc) is 3.70. The van der Waals surface area contributed by atoms with Gasteiger partial charge in [0, 0.05) is 77.9 Å². The average molecular weight is 751 g/mol. The molecule has 288 valence electrons. The van der Waals surface area contributed by atoms with E-state index in [1.54, 1.807) is 13.1 Å². The zero-order valence-electron chi connectivity index (χ0n) is 31.3. The molecule has 4 saturated heterocycles. The number of alkyl halides is 2. The third kappa shape index (κ3) is 5.70. The van der Waals surface area contributed by atoms with Crippen molar-refractivity contribution in [1.82, 2.24) is 30.4 Å². The first-order valence-electron chi connectivity index (χ1n) is 20.2. The topological polar surface area (TPSA) is 130 Å². The number of rotatable bonds is 7. The van der Waals surface area contributed by atoms with Crippen molar-refractivity contribution in [2.45, 2.75) is 83.0 Å². The Morgan fingerprint density at radius 2 is 1.75 bits per heavy atom. The molecule has 0 radical (unpaired) electrons. The number of likely N-dealkylation sites (tertiary alicyclic amines) is 1. The fourth-order valence-electron chi connectivity index (χ4n) is 10.6. The highest BCUT2D eigenvalue weighted by molar-refractivity contribution is 6.02. The number of benzene rings is 1. The summed E-state index contributed by atoms with van der Waals surface area (Å²) >= 11 is 0. The second-order valence-corrected chi connectivity index (χ2v) is 17.5. The van der Waals surface area contributed by atoms with Crippen LogP contribution in [-0.2, 0) is 27.2 Å². The van der Waals surface area contributed by atoms with E-state index in [4.69, 9.17) is 0 Å². The van der Waals surface area contributed by atoms with Gasteiger partial charge in [0.1, 0.15) is 11.5 Å². The van der Waals surface area contributed by atoms with Crippen molar-refractivity contribution < 1.29 is 23.2 Å². The Morgan fingerprint density at radius 1 is 0.945 bits per heavy atom. The molecular weight excluding hydrogens is 703 g/mol. The minimum absolute atomic E-state index is 0.203. The third-order valence-corrected chi connectivity index (χ3v) is 14.5. The van der Waals surface area contributed by atoms with Crippen molar-refractivity contribution in [1.29, 1.82) is 0 Å². The molecule has 2 aliphatic carbocycles. The molecule has 3 aromatic heterocycles. The highest BCUT2D eigenvalue weighted by atomic mass is 19.3. The lowest BCUT2D eigenvalue weighted by atomic mass is 9.77. The number of anilines is 2. The van der Waals surface area contributed by atoms with E-state index in [0.29, 0.717) is 38.1 Å². The first kappa shape index (κ1) is 34.8. The fraction of sp³-hybridized carbons (Fsp3) is 0.548. The summed E-state index contributed by atoms with van der Waals surface area (Å²) in [6, 6.07) is 12.1. The van der Waals surface area contributed by atoms with E-state index in [-0.39, 0.29) is 29.1 Å². The number of fused-ring (bicyclic) bond motifs is 3. The maximum atomic E-state index is 14.5. The quantitative estimate of drug-likeness (QED) is 0.199. The summed E-state index contributed by atoms with van der Waals surface area (Å²) in [5, 5.41) is 11.0. The number of amides is 3. The van der Waals surface area contributed by atoms with E-state index in [1.165, 1.54) is 0 Å². The Morgan fingerprint density at radius 3 is 2.51 bits per heavy atom. The number of nitrogens with zero attached hydrogens (tertiary/aromatic N) is 5. The van der Waals surface area contributed by atoms with Gasteiger partial charge in [0.05, 0.1) is 17.0 Å². The first-order chi connectivity index (χ1) is 26.5. The van der Waals surface area contributed by atoms with Crippen LogP contribution < -0.4 is 15.1 Å². The molecule has 1 aromatic carbocycles. The van der Waals surface area contributed by atoms with Gasteiger partial charge in [-0.15, -0.1) is 0 Å². The number of aromatic amines is 2. The van der Waals surface area contributed by atoms with Crippen molar-refractivity contribution in [3.05, 3.63) is 59.4 Å². The maximum absolute atomic E-state index is 14.5. The number of H-pyrrole nitrogens is 2. The SMILES string of the molecule is CC12Cc3[nH]nc(-c4cc5ccc(N6CCC7(CCN(CCC8CCN(c9ccc(C%10CCC(=O)NC%10=O)cn9)CC8)CC7)C6=O)cc5[nH]4)c3C[C@@H]1C2(F)F. The van der Waals surface area contributed by atoms with Crippen molar-refractivity contribution in [2.24, 2.45) is 22.7 Å². The summed E-state index contributed by atoms with van der Waals surface area (Å²) in [7, 11) is 0. The number of hydrogen-bond acceptors (Lipinski definition) is 7. The van der Waals surface area contributed by atoms with Crippen molar-refractivity contribution in [2.75, 3.05) is 49.1 Å². The van der Waals surface area contributed by atoms with Gasteiger partial charge in [-0.2, -0.15) is 5.10 Å². The highest BCUT2D eigenvalue weighted by Gasteiger charge is 2.78. The summed E-state index contributed by atoms with van der Waals surface area (Å²) < 4.78 is 29.1. The van der Waals surface area contributed by atoms with Crippen molar-refractivity contribution in [3.8, 4) is 11.4 Å². The van der Waals surface area contributed by atoms with E-state index in [9.17, 15) is 23.2 Å². The molecule has 4 aliphatic heterocycles. The molecule has 2 unspecified atom stereocenters. The van der Waals surface area contributed by atoms with Crippen LogP contribution in [0.2, 0.25) is 0 Å². The monoisotopic (exact) mass is 750 g/mol. The molecule has 13 heteroatoms. The van der Waals surface area contributed by atoms with Gasteiger partial charge in [-0.3, -0.25) is 24.8 Å². The molecule has 10 rings (SSSR count). The van der Waals surface area contributed by atoms with Gasteiger partial charge in [0.2, 0.25) is 17.7 Å². The van der Waals surface area contributed by atoms with Crippen LogP contribution in [0.3, 0.4) is 0 Å². The fourth-order valence-corrected chi connectivity index (χ4v) is 10.6. The summed E-state index contributed by atoms with van der Waals surface area (Å²) in [6.45, 7) is 7.27. The second-order valence-electron chi connectivity index (χ2n) is 17.5. The molecule has 55 heavy (non-hydrogen) atoms. The molecule has 3 amide bonds. The minimum atomic E-state index is -2.63. The van der Waals surface area contributed by atoms with E-state index in [2.05, 4.69) is 35.3 Å². The van der Waals surface area contributed by atoms with Crippen LogP contribution in [-0.4, -0.2) is 88.0 Å². The van der Waals surface area contributed by atoms with Crippen LogP contribution in [0.15, 0.2) is 42.6 Å². The molecule has 6 aliphatic rings. The largest absolute Gasteiger partial charge is 0.357 e. The summed E-state index contributed by atoms with van der Waals surface area (Å²) in [6.07, 6.45) is 9.39. The van der Waals surface area contributed by atoms with E-state index in [0.717, 1.165) is 122 Å². The van der Waals surface area contributed by atoms with E-state index < -0.39 is 17.3 Å². The maximum Gasteiger partial charge on any atom is 0.258 e. The van der Waals surface area contributed by atoms with E-state index >= 15 is 0 Å². The lowest BCUT2D eigenvalue weighted by molar-refractivity contribution is -0.134. The van der Waals surface area contributed by atoms with Gasteiger partial charge in [0.15, 0.2) is 0 Å². The van der Waals surface area contributed by atoms with Gasteiger partial charge in [0.25, 0.3) is 5.92 Å². The minimum Gasteiger partial charge on any atom is -0.357 e. The smallest absolute Gasteiger partial charge is 0.258 e. The zero-order chi connectivity index (χ0) is 37.7. The summed E-state index contributed by atoms with van der Waals surface area (Å²) in [5.41, 5.74) is 4.65. The van der Waals surface area contributed by atoms with Crippen molar-refractivity contribution in [3.63, 3.8) is 0 Å². The lowest BCUT2D eigenvalue weighted by Crippen LogP contribution is -2.45. The van der Waals surface area contributed by atoms with E-state index in [1.807, 2.05) is 41.3 Å². The number of carbonyl (C=O) groups is 3. The number of nitrogens with one attached hydrogen (secondary N) is 3. The summed E-state index contributed by atoms with van der Waals surface area (Å²) in [4.78, 5) is 52.8. The Hall–Kier alpha value is -4.65. The molecule has 11 nitrogen and oxygen atoms in total.